The van der Waals surface area contributed by atoms with Crippen molar-refractivity contribution in [3.8, 4) is 6.07 Å². The summed E-state index contributed by atoms with van der Waals surface area (Å²) >= 11 is 0. The minimum Gasteiger partial charge on any atom is -0.395 e. The monoisotopic (exact) mass is 298 g/mol. The molecule has 0 bridgehead atoms. The van der Waals surface area contributed by atoms with E-state index in [9.17, 15) is 13.2 Å². The average molecular weight is 298 g/mol. The second-order valence-corrected chi connectivity index (χ2v) is 6.07. The molecule has 1 rings (SSSR count). The lowest BCUT2D eigenvalue weighted by atomic mass is 9.92. The third-order valence-corrected chi connectivity index (χ3v) is 4.16. The number of rotatable bonds is 5. The largest absolute Gasteiger partial charge is 0.395 e. The molecule has 8 heteroatoms. The zero-order valence-electron chi connectivity index (χ0n) is 10.7. The Balaban J connectivity index is 3.14. The highest BCUT2D eigenvalue weighted by Gasteiger charge is 2.35. The van der Waals surface area contributed by atoms with Crippen LogP contribution in [-0.2, 0) is 14.8 Å². The second kappa shape index (κ2) is 6.00. The van der Waals surface area contributed by atoms with Crippen LogP contribution in [0, 0.1) is 16.7 Å². The summed E-state index contributed by atoms with van der Waals surface area (Å²) in [5.74, 6) is -1.05. The van der Waals surface area contributed by atoms with Crippen LogP contribution >= 0.6 is 0 Å². The summed E-state index contributed by atoms with van der Waals surface area (Å²) in [5, 5.41) is 27.0. The minimum absolute atomic E-state index is 0.109. The minimum atomic E-state index is -4.25. The fourth-order valence-corrected chi connectivity index (χ4v) is 2.55. The smallest absolute Gasteiger partial charge is 0.265 e. The Morgan fingerprint density at radius 3 is 2.40 bits per heavy atom. The van der Waals surface area contributed by atoms with Gasteiger partial charge in [0, 0.05) is 0 Å². The molecule has 0 unspecified atom stereocenters. The zero-order chi connectivity index (χ0) is 15.4. The second-order valence-electron chi connectivity index (χ2n) is 4.42. The van der Waals surface area contributed by atoms with Gasteiger partial charge >= 0.3 is 0 Å². The molecule has 0 heterocycles. The summed E-state index contributed by atoms with van der Waals surface area (Å²) in [4.78, 5) is 11.5. The van der Waals surface area contributed by atoms with Gasteiger partial charge in [0.1, 0.15) is 11.0 Å². The summed E-state index contributed by atoms with van der Waals surface area (Å²) in [5.41, 5.74) is -1.74. The highest BCUT2D eigenvalue weighted by Crippen LogP contribution is 2.18. The SMILES string of the molecule is CC(CO)(CO)C(=O)NS(=O)(=O)c1ccccc1C#N. The highest BCUT2D eigenvalue weighted by molar-refractivity contribution is 7.90. The van der Waals surface area contributed by atoms with E-state index in [2.05, 4.69) is 0 Å². The predicted molar refractivity (Wildman–Crippen MR) is 68.8 cm³/mol. The molecule has 3 N–H and O–H groups in total. The van der Waals surface area contributed by atoms with E-state index in [1.54, 1.807) is 10.8 Å². The van der Waals surface area contributed by atoms with E-state index in [0.717, 1.165) is 0 Å². The summed E-state index contributed by atoms with van der Waals surface area (Å²) in [6, 6.07) is 7.10. The van der Waals surface area contributed by atoms with Gasteiger partial charge in [0.25, 0.3) is 10.0 Å². The van der Waals surface area contributed by atoms with Gasteiger partial charge in [-0.1, -0.05) is 12.1 Å². The Morgan fingerprint density at radius 2 is 1.90 bits per heavy atom. The Labute approximate surface area is 116 Å². The molecule has 0 spiro atoms. The number of hydrogen-bond donors (Lipinski definition) is 3. The van der Waals surface area contributed by atoms with Gasteiger partial charge in [-0.05, 0) is 19.1 Å². The number of aliphatic hydroxyl groups is 2. The maximum absolute atomic E-state index is 12.1. The van der Waals surface area contributed by atoms with Gasteiger partial charge in [0.15, 0.2) is 0 Å². The molecule has 1 aromatic rings. The zero-order valence-corrected chi connectivity index (χ0v) is 11.5. The number of nitriles is 1. The molecule has 0 saturated heterocycles. The Morgan fingerprint density at radius 1 is 1.35 bits per heavy atom. The fourth-order valence-electron chi connectivity index (χ4n) is 1.29. The van der Waals surface area contributed by atoms with Gasteiger partial charge in [-0.2, -0.15) is 5.26 Å². The lowest BCUT2D eigenvalue weighted by molar-refractivity contribution is -0.132. The first kappa shape index (κ1) is 16.1. The van der Waals surface area contributed by atoms with E-state index in [1.807, 2.05) is 0 Å². The molecule has 0 fully saturated rings. The van der Waals surface area contributed by atoms with Crippen molar-refractivity contribution in [3.63, 3.8) is 0 Å². The predicted octanol–water partition coefficient (Wildman–Crippen LogP) is -0.646. The molecule has 7 nitrogen and oxygen atoms in total. The van der Waals surface area contributed by atoms with Crippen molar-refractivity contribution in [2.24, 2.45) is 5.41 Å². The maximum Gasteiger partial charge on any atom is 0.265 e. The van der Waals surface area contributed by atoms with E-state index in [0.29, 0.717) is 0 Å². The molecule has 0 aliphatic rings. The van der Waals surface area contributed by atoms with Gasteiger partial charge in [0.05, 0.1) is 24.2 Å². The fraction of sp³-hybridized carbons (Fsp3) is 0.333. The van der Waals surface area contributed by atoms with E-state index in [-0.39, 0.29) is 10.5 Å². The first-order valence-electron chi connectivity index (χ1n) is 5.59. The van der Waals surface area contributed by atoms with Crippen LogP contribution in [0.2, 0.25) is 0 Å². The van der Waals surface area contributed by atoms with Crippen LogP contribution in [0.3, 0.4) is 0 Å². The first-order valence-corrected chi connectivity index (χ1v) is 7.07. The number of nitrogens with zero attached hydrogens (tertiary/aromatic N) is 1. The highest BCUT2D eigenvalue weighted by atomic mass is 32.2. The van der Waals surface area contributed by atoms with Gasteiger partial charge in [-0.3, -0.25) is 4.79 Å². The molecular weight excluding hydrogens is 284 g/mol. The van der Waals surface area contributed by atoms with Crippen LogP contribution in [0.1, 0.15) is 12.5 Å². The molecule has 0 atom stereocenters. The molecule has 1 aromatic carbocycles. The van der Waals surface area contributed by atoms with Crippen molar-refractivity contribution in [2.45, 2.75) is 11.8 Å². The molecule has 1 amide bonds. The van der Waals surface area contributed by atoms with Crippen molar-refractivity contribution in [1.82, 2.24) is 4.72 Å². The molecule has 0 aliphatic heterocycles. The van der Waals surface area contributed by atoms with Crippen molar-refractivity contribution in [1.29, 1.82) is 5.26 Å². The standard InChI is InChI=1S/C12H14N2O5S/c1-12(7-15,8-16)11(17)14-20(18,19)10-5-3-2-4-9(10)6-13/h2-5,15-16H,7-8H2,1H3,(H,14,17). The van der Waals surface area contributed by atoms with E-state index in [4.69, 9.17) is 15.5 Å². The molecule has 0 aliphatic carbocycles. The summed E-state index contributed by atoms with van der Waals surface area (Å²) in [6.07, 6.45) is 0. The van der Waals surface area contributed by atoms with E-state index < -0.39 is 34.6 Å². The van der Waals surface area contributed by atoms with Crippen LogP contribution in [0.5, 0.6) is 0 Å². The lowest BCUT2D eigenvalue weighted by Crippen LogP contribution is -2.46. The van der Waals surface area contributed by atoms with Gasteiger partial charge in [-0.15, -0.1) is 0 Å². The van der Waals surface area contributed by atoms with Crippen LogP contribution in [-0.4, -0.2) is 37.8 Å². The first-order chi connectivity index (χ1) is 9.30. The van der Waals surface area contributed by atoms with Crippen molar-refractivity contribution in [2.75, 3.05) is 13.2 Å². The molecule has 108 valence electrons. The summed E-state index contributed by atoms with van der Waals surface area (Å²) in [6.45, 7) is -0.219. The third-order valence-electron chi connectivity index (χ3n) is 2.77. The van der Waals surface area contributed by atoms with E-state index >= 15 is 0 Å². The molecule has 0 saturated carbocycles. The van der Waals surface area contributed by atoms with Crippen LogP contribution in [0.15, 0.2) is 29.2 Å². The number of nitrogens with one attached hydrogen (secondary N) is 1. The average Bonchev–Trinajstić information content (AvgIpc) is 2.45. The Bertz CT molecular complexity index is 644. The number of sulfonamides is 1. The number of aliphatic hydroxyl groups excluding tert-OH is 2. The third kappa shape index (κ3) is 3.14. The van der Waals surface area contributed by atoms with Crippen LogP contribution < -0.4 is 4.72 Å². The Kier molecular flexibility index (Phi) is 4.83. The van der Waals surface area contributed by atoms with E-state index in [1.165, 1.54) is 31.2 Å². The quantitative estimate of drug-likeness (QED) is 0.663. The molecule has 20 heavy (non-hydrogen) atoms. The number of benzene rings is 1. The van der Waals surface area contributed by atoms with Gasteiger partial charge in [-0.25, -0.2) is 13.1 Å². The summed E-state index contributed by atoms with van der Waals surface area (Å²) in [7, 11) is -4.25. The number of carbonyl (C=O) groups is 1. The topological polar surface area (TPSA) is 127 Å². The molecule has 0 aromatic heterocycles. The van der Waals surface area contributed by atoms with Crippen molar-refractivity contribution < 1.29 is 23.4 Å². The lowest BCUT2D eigenvalue weighted by Gasteiger charge is -2.23. The molecular formula is C12H14N2O5S. The van der Waals surface area contributed by atoms with Gasteiger partial charge < -0.3 is 10.2 Å². The Hall–Kier alpha value is -1.95. The number of amides is 1. The number of hydrogen-bond acceptors (Lipinski definition) is 6. The number of carbonyl (C=O) groups excluding carboxylic acids is 1. The molecule has 0 radical (unpaired) electrons. The van der Waals surface area contributed by atoms with Crippen LogP contribution in [0.25, 0.3) is 0 Å². The normalized spacial score (nSPS) is 11.7. The summed E-state index contributed by atoms with van der Waals surface area (Å²) < 4.78 is 25.9. The maximum atomic E-state index is 12.1. The van der Waals surface area contributed by atoms with Crippen LogP contribution in [0.4, 0.5) is 0 Å². The van der Waals surface area contributed by atoms with Crippen molar-refractivity contribution in [3.05, 3.63) is 29.8 Å². The van der Waals surface area contributed by atoms with Gasteiger partial charge in [0.2, 0.25) is 5.91 Å². The van der Waals surface area contributed by atoms with Crippen molar-refractivity contribution >= 4 is 15.9 Å².